The molecular weight excluding hydrogens is 307 g/mol. The molecule has 0 aliphatic carbocycles. The van der Waals surface area contributed by atoms with Crippen LogP contribution in [-0.4, -0.2) is 11.3 Å². The van der Waals surface area contributed by atoms with Gasteiger partial charge in [0.1, 0.15) is 11.1 Å². The fraction of sp³-hybridized carbons (Fsp3) is 0.357. The highest BCUT2D eigenvalue weighted by molar-refractivity contribution is 6.56. The number of hydrogen-bond donors (Lipinski definition) is 0. The zero-order chi connectivity index (χ0) is 14.3. The summed E-state index contributed by atoms with van der Waals surface area (Å²) < 4.78 is 5.27. The molecule has 0 radical (unpaired) electrons. The van der Waals surface area contributed by atoms with Crippen molar-refractivity contribution in [3.05, 3.63) is 46.5 Å². The average Bonchev–Trinajstić information content (AvgIpc) is 2.36. The van der Waals surface area contributed by atoms with E-state index in [-0.39, 0.29) is 29.4 Å². The normalized spacial score (nSPS) is 13.5. The van der Waals surface area contributed by atoms with Crippen molar-refractivity contribution < 1.29 is 9.53 Å². The summed E-state index contributed by atoms with van der Waals surface area (Å²) in [4.78, 5) is 11.6. The average molecular weight is 322 g/mol. The molecule has 19 heavy (non-hydrogen) atoms. The Morgan fingerprint density at radius 3 is 2.53 bits per heavy atom. The summed E-state index contributed by atoms with van der Waals surface area (Å²) in [6, 6.07) is 9.50. The quantitative estimate of drug-likeness (QED) is 0.561. The van der Waals surface area contributed by atoms with Crippen LogP contribution in [0, 0.1) is 5.92 Å². The lowest BCUT2D eigenvalue weighted by Crippen LogP contribution is -2.16. The SMILES string of the molecule is CC(CC(=O)OCc1ccccc1)C(Cl)C=C(Cl)Cl. The number of ether oxygens (including phenoxy) is 1. The molecule has 0 heterocycles. The molecule has 0 saturated heterocycles. The van der Waals surface area contributed by atoms with Crippen LogP contribution in [0.4, 0.5) is 0 Å². The second kappa shape index (κ2) is 8.47. The summed E-state index contributed by atoms with van der Waals surface area (Å²) in [6.45, 7) is 2.11. The number of hydrogen-bond acceptors (Lipinski definition) is 2. The Hall–Kier alpha value is -0.700. The molecule has 0 aliphatic rings. The minimum absolute atomic E-state index is 0.0996. The van der Waals surface area contributed by atoms with Crippen LogP contribution in [0.5, 0.6) is 0 Å². The minimum atomic E-state index is -0.394. The lowest BCUT2D eigenvalue weighted by Gasteiger charge is -2.14. The van der Waals surface area contributed by atoms with Crippen LogP contribution in [0.3, 0.4) is 0 Å². The molecule has 0 saturated carbocycles. The van der Waals surface area contributed by atoms with Crippen molar-refractivity contribution in [2.75, 3.05) is 0 Å². The molecule has 0 spiro atoms. The fourth-order valence-electron chi connectivity index (χ4n) is 1.46. The summed E-state index contributed by atoms with van der Waals surface area (Å²) in [6.07, 6.45) is 1.72. The highest BCUT2D eigenvalue weighted by atomic mass is 35.5. The summed E-state index contributed by atoms with van der Waals surface area (Å²) in [5.41, 5.74) is 0.953. The summed E-state index contributed by atoms with van der Waals surface area (Å²) in [5, 5.41) is -0.394. The number of alkyl halides is 1. The van der Waals surface area contributed by atoms with Crippen LogP contribution < -0.4 is 0 Å². The largest absolute Gasteiger partial charge is 0.461 e. The third kappa shape index (κ3) is 6.86. The van der Waals surface area contributed by atoms with Crippen molar-refractivity contribution in [2.24, 2.45) is 5.92 Å². The third-order valence-electron chi connectivity index (χ3n) is 2.56. The first-order chi connectivity index (χ1) is 8.99. The molecule has 1 aromatic carbocycles. The van der Waals surface area contributed by atoms with Crippen molar-refractivity contribution in [1.82, 2.24) is 0 Å². The van der Waals surface area contributed by atoms with Crippen molar-refractivity contribution in [3.63, 3.8) is 0 Å². The van der Waals surface area contributed by atoms with Gasteiger partial charge in [-0.25, -0.2) is 0 Å². The van der Waals surface area contributed by atoms with Crippen LogP contribution in [0.1, 0.15) is 18.9 Å². The predicted octanol–water partition coefficient (Wildman–Crippen LogP) is 4.68. The molecule has 0 bridgehead atoms. The van der Waals surface area contributed by atoms with Crippen molar-refractivity contribution in [3.8, 4) is 0 Å². The Morgan fingerprint density at radius 1 is 1.32 bits per heavy atom. The highest BCUT2D eigenvalue weighted by Gasteiger charge is 2.17. The van der Waals surface area contributed by atoms with E-state index in [1.165, 1.54) is 6.08 Å². The van der Waals surface area contributed by atoms with Gasteiger partial charge in [-0.3, -0.25) is 4.79 Å². The van der Waals surface area contributed by atoms with Gasteiger partial charge in [-0.1, -0.05) is 60.5 Å². The topological polar surface area (TPSA) is 26.3 Å². The predicted molar refractivity (Wildman–Crippen MR) is 79.4 cm³/mol. The third-order valence-corrected chi connectivity index (χ3v) is 3.37. The lowest BCUT2D eigenvalue weighted by molar-refractivity contribution is -0.145. The van der Waals surface area contributed by atoms with Gasteiger partial charge in [0, 0.05) is 6.42 Å². The second-order valence-corrected chi connectivity index (χ2v) is 5.74. The number of halogens is 3. The molecule has 2 atom stereocenters. The Balaban J connectivity index is 2.37. The number of rotatable bonds is 6. The zero-order valence-electron chi connectivity index (χ0n) is 10.5. The Kier molecular flexibility index (Phi) is 7.29. The molecule has 2 nitrogen and oxygen atoms in total. The van der Waals surface area contributed by atoms with Gasteiger partial charge in [0.05, 0.1) is 5.38 Å². The maximum Gasteiger partial charge on any atom is 0.306 e. The maximum atomic E-state index is 11.6. The van der Waals surface area contributed by atoms with E-state index >= 15 is 0 Å². The Morgan fingerprint density at radius 2 is 1.95 bits per heavy atom. The van der Waals surface area contributed by atoms with Crippen molar-refractivity contribution in [2.45, 2.75) is 25.3 Å². The number of carbonyl (C=O) groups excluding carboxylic acids is 1. The Bertz CT molecular complexity index is 428. The van der Waals surface area contributed by atoms with E-state index in [9.17, 15) is 4.79 Å². The van der Waals surface area contributed by atoms with Crippen molar-refractivity contribution >= 4 is 40.8 Å². The summed E-state index contributed by atoms with van der Waals surface area (Å²) in [7, 11) is 0. The molecule has 0 aliphatic heterocycles. The molecule has 1 aromatic rings. The first kappa shape index (κ1) is 16.4. The summed E-state index contributed by atoms with van der Waals surface area (Å²) in [5.74, 6) is -0.390. The summed E-state index contributed by atoms with van der Waals surface area (Å²) >= 11 is 17.1. The van der Waals surface area contributed by atoms with Gasteiger partial charge >= 0.3 is 5.97 Å². The van der Waals surface area contributed by atoms with E-state index in [4.69, 9.17) is 39.5 Å². The van der Waals surface area contributed by atoms with E-state index in [2.05, 4.69) is 0 Å². The van der Waals surface area contributed by atoms with Gasteiger partial charge in [-0.05, 0) is 17.6 Å². The standard InChI is InChI=1S/C14H15Cl3O2/c1-10(12(15)8-13(16)17)7-14(18)19-9-11-5-3-2-4-6-11/h2-6,8,10,12H,7,9H2,1H3. The number of carbonyl (C=O) groups is 1. The van der Waals surface area contributed by atoms with Gasteiger partial charge in [-0.2, -0.15) is 0 Å². The monoisotopic (exact) mass is 320 g/mol. The maximum absolute atomic E-state index is 11.6. The molecule has 104 valence electrons. The van der Waals surface area contributed by atoms with Crippen molar-refractivity contribution in [1.29, 1.82) is 0 Å². The number of allylic oxidation sites excluding steroid dienone is 1. The zero-order valence-corrected chi connectivity index (χ0v) is 12.8. The molecule has 1 rings (SSSR count). The molecule has 0 aromatic heterocycles. The van der Waals surface area contributed by atoms with Crippen LogP contribution in [0.2, 0.25) is 0 Å². The van der Waals surface area contributed by atoms with E-state index in [0.717, 1.165) is 5.56 Å². The van der Waals surface area contributed by atoms with E-state index < -0.39 is 5.38 Å². The minimum Gasteiger partial charge on any atom is -0.461 e. The number of esters is 1. The highest BCUT2D eigenvalue weighted by Crippen LogP contribution is 2.20. The van der Waals surface area contributed by atoms with Gasteiger partial charge in [0.25, 0.3) is 0 Å². The molecule has 0 fully saturated rings. The van der Waals surface area contributed by atoms with Gasteiger partial charge < -0.3 is 4.74 Å². The van der Waals surface area contributed by atoms with Crippen LogP contribution >= 0.6 is 34.8 Å². The molecule has 0 amide bonds. The second-order valence-electron chi connectivity index (χ2n) is 4.23. The Labute approximate surface area is 128 Å². The fourth-order valence-corrected chi connectivity index (χ4v) is 2.07. The smallest absolute Gasteiger partial charge is 0.306 e. The van der Waals surface area contributed by atoms with Gasteiger partial charge in [0.15, 0.2) is 0 Å². The van der Waals surface area contributed by atoms with Gasteiger partial charge in [-0.15, -0.1) is 11.6 Å². The van der Waals surface area contributed by atoms with Gasteiger partial charge in [0.2, 0.25) is 0 Å². The number of benzene rings is 1. The molecular formula is C14H15Cl3O2. The van der Waals surface area contributed by atoms with Crippen LogP contribution in [0.25, 0.3) is 0 Å². The van der Waals surface area contributed by atoms with Crippen LogP contribution in [0.15, 0.2) is 40.9 Å². The first-order valence-electron chi connectivity index (χ1n) is 5.85. The van der Waals surface area contributed by atoms with Crippen LogP contribution in [-0.2, 0) is 16.1 Å². The first-order valence-corrected chi connectivity index (χ1v) is 7.04. The van der Waals surface area contributed by atoms with E-state index in [1.807, 2.05) is 37.3 Å². The lowest BCUT2D eigenvalue weighted by atomic mass is 10.0. The van der Waals surface area contributed by atoms with E-state index in [1.54, 1.807) is 0 Å². The molecule has 0 N–H and O–H groups in total. The molecule has 5 heteroatoms. The van der Waals surface area contributed by atoms with E-state index in [0.29, 0.717) is 0 Å². The molecule has 2 unspecified atom stereocenters.